The van der Waals surface area contributed by atoms with E-state index >= 15 is 0 Å². The molecule has 1 aliphatic carbocycles. The lowest BCUT2D eigenvalue weighted by atomic mass is 10.0. The summed E-state index contributed by atoms with van der Waals surface area (Å²) in [5.74, 6) is -0.0212. The van der Waals surface area contributed by atoms with Crippen molar-refractivity contribution in [1.29, 1.82) is 0 Å². The highest BCUT2D eigenvalue weighted by molar-refractivity contribution is 7.89. The van der Waals surface area contributed by atoms with E-state index in [9.17, 15) is 8.42 Å². The van der Waals surface area contributed by atoms with Gasteiger partial charge in [-0.2, -0.15) is 4.98 Å². The molecule has 0 radical (unpaired) electrons. The van der Waals surface area contributed by atoms with E-state index in [2.05, 4.69) is 51.6 Å². The Bertz CT molecular complexity index is 1400. The Morgan fingerprint density at radius 3 is 2.88 bits per heavy atom. The number of aliphatic hydroxyl groups is 1. The van der Waals surface area contributed by atoms with Crippen LogP contribution in [-0.2, 0) is 16.4 Å². The lowest BCUT2D eigenvalue weighted by Gasteiger charge is -2.13. The second kappa shape index (κ2) is 7.84. The van der Waals surface area contributed by atoms with Crippen LogP contribution in [0.15, 0.2) is 53.2 Å². The molecule has 0 fully saturated rings. The molecular weight excluding hydrogens is 428 g/mol. The van der Waals surface area contributed by atoms with E-state index in [1.807, 2.05) is 30.3 Å². The summed E-state index contributed by atoms with van der Waals surface area (Å²) in [6.07, 6.45) is 3.37. The van der Waals surface area contributed by atoms with Crippen molar-refractivity contribution in [2.75, 3.05) is 5.94 Å². The monoisotopic (exact) mass is 452 g/mol. The number of hydrogen-bond donors (Lipinski definition) is 2. The Labute approximate surface area is 185 Å². The van der Waals surface area contributed by atoms with E-state index in [0.717, 1.165) is 33.2 Å². The van der Waals surface area contributed by atoms with Gasteiger partial charge in [0, 0.05) is 40.3 Å². The predicted octanol–water partition coefficient (Wildman–Crippen LogP) is 3.80. The second-order valence-electron chi connectivity index (χ2n) is 8.34. The van der Waals surface area contributed by atoms with Crippen LogP contribution in [0.1, 0.15) is 43.5 Å². The van der Waals surface area contributed by atoms with E-state index in [1.165, 1.54) is 0 Å². The van der Waals surface area contributed by atoms with Gasteiger partial charge in [0.25, 0.3) is 5.89 Å². The summed E-state index contributed by atoms with van der Waals surface area (Å²) in [4.78, 5) is 4.63. The van der Waals surface area contributed by atoms with Gasteiger partial charge in [0.05, 0.1) is 0 Å². The quantitative estimate of drug-likeness (QED) is 0.460. The molecular formula is C23H24N4O4S. The fourth-order valence-electron chi connectivity index (χ4n) is 4.44. The highest BCUT2D eigenvalue weighted by Gasteiger charge is 2.29. The predicted molar refractivity (Wildman–Crippen MR) is 121 cm³/mol. The second-order valence-corrected chi connectivity index (χ2v) is 10.1. The van der Waals surface area contributed by atoms with Crippen molar-refractivity contribution in [2.45, 2.75) is 38.8 Å². The van der Waals surface area contributed by atoms with Crippen LogP contribution in [0, 0.1) is 0 Å². The molecule has 1 atom stereocenters. The number of hydrogen-bond acceptors (Lipinski definition) is 6. The molecule has 0 spiro atoms. The maximum atomic E-state index is 11.8. The lowest BCUT2D eigenvalue weighted by molar-refractivity contribution is 0.354. The largest absolute Gasteiger partial charge is 0.379 e. The van der Waals surface area contributed by atoms with E-state index in [1.54, 1.807) is 0 Å². The third-order valence-electron chi connectivity index (χ3n) is 5.95. The number of rotatable bonds is 6. The summed E-state index contributed by atoms with van der Waals surface area (Å²) in [5, 5.41) is 14.4. The molecule has 0 bridgehead atoms. The van der Waals surface area contributed by atoms with E-state index < -0.39 is 16.0 Å². The SMILES string of the molecule is CC(C)n1ccc2cc(-c3nc(-c4cccc5c4CC[C@@H]5NS(=O)(=O)CO)no3)ccc21. The molecule has 2 N–H and O–H groups in total. The molecule has 8 nitrogen and oxygen atoms in total. The van der Waals surface area contributed by atoms with Crippen LogP contribution in [0.25, 0.3) is 33.7 Å². The maximum absolute atomic E-state index is 11.8. The van der Waals surface area contributed by atoms with E-state index in [-0.39, 0.29) is 6.04 Å². The van der Waals surface area contributed by atoms with Crippen molar-refractivity contribution in [2.24, 2.45) is 0 Å². The third kappa shape index (κ3) is 3.62. The van der Waals surface area contributed by atoms with Gasteiger partial charge in [-0.15, -0.1) is 0 Å². The highest BCUT2D eigenvalue weighted by Crippen LogP contribution is 2.38. The van der Waals surface area contributed by atoms with Crippen LogP contribution < -0.4 is 4.72 Å². The summed E-state index contributed by atoms with van der Waals surface area (Å²) in [6.45, 7) is 4.30. The van der Waals surface area contributed by atoms with Crippen molar-refractivity contribution < 1.29 is 18.0 Å². The van der Waals surface area contributed by atoms with Crippen LogP contribution in [0.4, 0.5) is 0 Å². The third-order valence-corrected chi connectivity index (χ3v) is 6.94. The van der Waals surface area contributed by atoms with Crippen molar-refractivity contribution in [3.63, 3.8) is 0 Å². The Morgan fingerprint density at radius 1 is 1.25 bits per heavy atom. The molecule has 9 heteroatoms. The minimum Gasteiger partial charge on any atom is -0.379 e. The number of aromatic nitrogens is 3. The topological polar surface area (TPSA) is 110 Å². The molecule has 2 aromatic carbocycles. The Kier molecular flexibility index (Phi) is 5.11. The lowest BCUT2D eigenvalue weighted by Crippen LogP contribution is -2.29. The fraction of sp³-hybridized carbons (Fsp3) is 0.304. The summed E-state index contributed by atoms with van der Waals surface area (Å²) in [5.41, 5.74) is 4.70. The molecule has 0 saturated heterocycles. The van der Waals surface area contributed by atoms with Gasteiger partial charge in [0.1, 0.15) is 0 Å². The summed E-state index contributed by atoms with van der Waals surface area (Å²) in [6, 6.07) is 13.8. The van der Waals surface area contributed by atoms with Gasteiger partial charge < -0.3 is 14.2 Å². The number of nitrogens with zero attached hydrogens (tertiary/aromatic N) is 3. The average Bonchev–Trinajstić information content (AvgIpc) is 3.51. The molecule has 5 rings (SSSR count). The number of aliphatic hydroxyl groups excluding tert-OH is 1. The average molecular weight is 453 g/mol. The molecule has 0 amide bonds. The van der Waals surface area contributed by atoms with Crippen LogP contribution in [0.2, 0.25) is 0 Å². The summed E-state index contributed by atoms with van der Waals surface area (Å²) >= 11 is 0. The molecule has 0 saturated carbocycles. The van der Waals surface area contributed by atoms with Crippen LogP contribution in [0.3, 0.4) is 0 Å². The van der Waals surface area contributed by atoms with Gasteiger partial charge in [0.2, 0.25) is 15.8 Å². The first kappa shape index (κ1) is 20.9. The molecule has 1 aliphatic rings. The number of nitrogens with one attached hydrogen (secondary N) is 1. The summed E-state index contributed by atoms with van der Waals surface area (Å²) < 4.78 is 34.0. The molecule has 4 aromatic rings. The molecule has 166 valence electrons. The zero-order valence-corrected chi connectivity index (χ0v) is 18.6. The molecule has 2 aromatic heterocycles. The Balaban J connectivity index is 1.47. The Hall–Kier alpha value is -3.01. The Morgan fingerprint density at radius 2 is 2.09 bits per heavy atom. The first-order valence-corrected chi connectivity index (χ1v) is 12.2. The van der Waals surface area contributed by atoms with Crippen molar-refractivity contribution in [3.8, 4) is 22.8 Å². The zero-order chi connectivity index (χ0) is 22.5. The minimum atomic E-state index is -3.72. The number of sulfonamides is 1. The first-order valence-electron chi connectivity index (χ1n) is 10.5. The molecule has 2 heterocycles. The van der Waals surface area contributed by atoms with Crippen molar-refractivity contribution in [3.05, 3.63) is 59.8 Å². The van der Waals surface area contributed by atoms with Crippen LogP contribution in [-0.4, -0.2) is 34.2 Å². The normalized spacial score (nSPS) is 16.2. The molecule has 0 aliphatic heterocycles. The highest BCUT2D eigenvalue weighted by atomic mass is 32.2. The van der Waals surface area contributed by atoms with Gasteiger partial charge in [-0.25, -0.2) is 13.1 Å². The summed E-state index contributed by atoms with van der Waals surface area (Å²) in [7, 11) is -3.72. The van der Waals surface area contributed by atoms with Crippen LogP contribution >= 0.6 is 0 Å². The zero-order valence-electron chi connectivity index (χ0n) is 17.8. The maximum Gasteiger partial charge on any atom is 0.258 e. The van der Waals surface area contributed by atoms with E-state index in [0.29, 0.717) is 30.6 Å². The van der Waals surface area contributed by atoms with Gasteiger partial charge >= 0.3 is 0 Å². The smallest absolute Gasteiger partial charge is 0.258 e. The van der Waals surface area contributed by atoms with Gasteiger partial charge in [-0.05, 0) is 62.1 Å². The van der Waals surface area contributed by atoms with Gasteiger partial charge in [-0.1, -0.05) is 23.4 Å². The van der Waals surface area contributed by atoms with Crippen molar-refractivity contribution in [1.82, 2.24) is 19.4 Å². The molecule has 0 unspecified atom stereocenters. The number of fused-ring (bicyclic) bond motifs is 2. The fourth-order valence-corrected chi connectivity index (χ4v) is 5.19. The van der Waals surface area contributed by atoms with E-state index in [4.69, 9.17) is 9.63 Å². The van der Waals surface area contributed by atoms with Crippen LogP contribution in [0.5, 0.6) is 0 Å². The standard InChI is InChI=1S/C23H24N4O4S/c1-14(2)27-11-10-15-12-16(6-9-21(15)27)23-24-22(25-31-23)19-5-3-4-18-17(19)7-8-20(18)26-32(29,30)13-28/h3-6,9-12,14,20,26,28H,7-8,13H2,1-2H3/t20-/m0/s1. The molecule has 32 heavy (non-hydrogen) atoms. The minimum absolute atomic E-state index is 0.374. The number of benzene rings is 2. The van der Waals surface area contributed by atoms with Crippen molar-refractivity contribution >= 4 is 20.9 Å². The van der Waals surface area contributed by atoms with Gasteiger partial charge in [0.15, 0.2) is 5.94 Å². The van der Waals surface area contributed by atoms with Gasteiger partial charge in [-0.3, -0.25) is 0 Å². The first-order chi connectivity index (χ1) is 15.4.